The third-order valence-electron chi connectivity index (χ3n) is 2.98. The molecule has 0 fully saturated rings. The van der Waals surface area contributed by atoms with Gasteiger partial charge in [-0.1, -0.05) is 36.4 Å². The highest BCUT2D eigenvalue weighted by molar-refractivity contribution is 7.89. The summed E-state index contributed by atoms with van der Waals surface area (Å²) in [6.45, 7) is 1.81. The van der Waals surface area contributed by atoms with E-state index in [0.29, 0.717) is 5.75 Å². The molecular formula is C15H17NO3S. The molecule has 106 valence electrons. The van der Waals surface area contributed by atoms with E-state index in [1.54, 1.807) is 18.2 Å². The number of methoxy groups -OCH3 is 1. The average molecular weight is 291 g/mol. The lowest BCUT2D eigenvalue weighted by Crippen LogP contribution is -2.26. The van der Waals surface area contributed by atoms with E-state index in [9.17, 15) is 8.42 Å². The average Bonchev–Trinajstić information content (AvgIpc) is 2.48. The zero-order valence-electron chi connectivity index (χ0n) is 11.4. The van der Waals surface area contributed by atoms with Crippen LogP contribution >= 0.6 is 0 Å². The molecule has 0 aliphatic carbocycles. The lowest BCUT2D eigenvalue weighted by molar-refractivity contribution is 0.413. The maximum Gasteiger partial charge on any atom is 0.241 e. The normalized spacial score (nSPS) is 12.9. The molecule has 2 aromatic carbocycles. The molecule has 1 unspecified atom stereocenters. The van der Waals surface area contributed by atoms with Crippen molar-refractivity contribution in [1.29, 1.82) is 0 Å². The summed E-state index contributed by atoms with van der Waals surface area (Å²) in [6, 6.07) is 15.5. The van der Waals surface area contributed by atoms with Crippen LogP contribution in [0.25, 0.3) is 0 Å². The molecular weight excluding hydrogens is 274 g/mol. The van der Waals surface area contributed by atoms with Gasteiger partial charge in [0.15, 0.2) is 0 Å². The molecule has 0 saturated heterocycles. The van der Waals surface area contributed by atoms with E-state index in [2.05, 4.69) is 4.72 Å². The molecule has 1 N–H and O–H groups in total. The summed E-state index contributed by atoms with van der Waals surface area (Å²) in [5, 5.41) is 0. The van der Waals surface area contributed by atoms with Crippen LogP contribution in [0.5, 0.6) is 5.75 Å². The first kappa shape index (κ1) is 14.6. The van der Waals surface area contributed by atoms with Crippen LogP contribution in [0.1, 0.15) is 18.5 Å². The quantitative estimate of drug-likeness (QED) is 0.921. The number of nitrogens with one attached hydrogen (secondary N) is 1. The van der Waals surface area contributed by atoms with Crippen molar-refractivity contribution in [2.24, 2.45) is 0 Å². The largest absolute Gasteiger partial charge is 0.497 e. The van der Waals surface area contributed by atoms with E-state index < -0.39 is 10.0 Å². The Balaban J connectivity index is 2.23. The fraction of sp³-hybridized carbons (Fsp3) is 0.200. The van der Waals surface area contributed by atoms with Gasteiger partial charge < -0.3 is 4.74 Å². The van der Waals surface area contributed by atoms with Gasteiger partial charge in [-0.25, -0.2) is 13.1 Å². The summed E-state index contributed by atoms with van der Waals surface area (Å²) >= 11 is 0. The monoisotopic (exact) mass is 291 g/mol. The highest BCUT2D eigenvalue weighted by Gasteiger charge is 2.18. The molecule has 0 spiro atoms. The fourth-order valence-electron chi connectivity index (χ4n) is 1.88. The summed E-state index contributed by atoms with van der Waals surface area (Å²) in [7, 11) is -2.06. The van der Waals surface area contributed by atoms with Gasteiger partial charge in [0, 0.05) is 12.1 Å². The molecule has 0 aromatic heterocycles. The van der Waals surface area contributed by atoms with Gasteiger partial charge in [-0.05, 0) is 24.6 Å². The van der Waals surface area contributed by atoms with Crippen molar-refractivity contribution in [3.05, 3.63) is 60.2 Å². The van der Waals surface area contributed by atoms with Crippen LogP contribution < -0.4 is 9.46 Å². The first-order chi connectivity index (χ1) is 9.53. The van der Waals surface area contributed by atoms with Crippen molar-refractivity contribution in [2.45, 2.75) is 17.9 Å². The molecule has 2 rings (SSSR count). The highest BCUT2D eigenvalue weighted by atomic mass is 32.2. The molecule has 0 amide bonds. The Morgan fingerprint density at radius 3 is 2.40 bits per heavy atom. The first-order valence-electron chi connectivity index (χ1n) is 6.24. The van der Waals surface area contributed by atoms with Crippen molar-refractivity contribution in [3.8, 4) is 5.75 Å². The molecule has 0 aliphatic rings. The van der Waals surface area contributed by atoms with E-state index in [1.165, 1.54) is 13.2 Å². The van der Waals surface area contributed by atoms with Crippen molar-refractivity contribution in [2.75, 3.05) is 7.11 Å². The molecule has 1 atom stereocenters. The molecule has 20 heavy (non-hydrogen) atoms. The maximum absolute atomic E-state index is 12.3. The lowest BCUT2D eigenvalue weighted by atomic mass is 10.1. The summed E-state index contributed by atoms with van der Waals surface area (Å²) in [6.07, 6.45) is 0. The number of sulfonamides is 1. The van der Waals surface area contributed by atoms with Crippen molar-refractivity contribution < 1.29 is 13.2 Å². The topological polar surface area (TPSA) is 55.4 Å². The second kappa shape index (κ2) is 6.07. The molecule has 0 radical (unpaired) electrons. The van der Waals surface area contributed by atoms with Crippen LogP contribution in [0.15, 0.2) is 59.5 Å². The van der Waals surface area contributed by atoms with Gasteiger partial charge in [-0.3, -0.25) is 0 Å². The number of hydrogen-bond acceptors (Lipinski definition) is 3. The van der Waals surface area contributed by atoms with Gasteiger partial charge in [0.05, 0.1) is 12.0 Å². The van der Waals surface area contributed by atoms with Gasteiger partial charge in [0.25, 0.3) is 0 Å². The van der Waals surface area contributed by atoms with Gasteiger partial charge >= 0.3 is 0 Å². The van der Waals surface area contributed by atoms with E-state index in [0.717, 1.165) is 5.56 Å². The van der Waals surface area contributed by atoms with Crippen LogP contribution in [0, 0.1) is 0 Å². The number of hydrogen-bond donors (Lipinski definition) is 1. The van der Waals surface area contributed by atoms with Crippen LogP contribution in [0.2, 0.25) is 0 Å². The minimum Gasteiger partial charge on any atom is -0.497 e. The molecule has 0 bridgehead atoms. The van der Waals surface area contributed by atoms with Crippen LogP contribution in [-0.2, 0) is 10.0 Å². The van der Waals surface area contributed by atoms with Gasteiger partial charge in [0.1, 0.15) is 5.75 Å². The summed E-state index contributed by atoms with van der Waals surface area (Å²) in [5.41, 5.74) is 0.916. The smallest absolute Gasteiger partial charge is 0.241 e. The molecule has 0 aliphatic heterocycles. The Morgan fingerprint density at radius 1 is 1.05 bits per heavy atom. The zero-order chi connectivity index (χ0) is 14.6. The molecule has 2 aromatic rings. The second-order valence-corrected chi connectivity index (χ2v) is 6.15. The van der Waals surface area contributed by atoms with Gasteiger partial charge in [0.2, 0.25) is 10.0 Å². The van der Waals surface area contributed by atoms with Crippen LogP contribution in [0.4, 0.5) is 0 Å². The van der Waals surface area contributed by atoms with E-state index in [4.69, 9.17) is 4.74 Å². The third-order valence-corrected chi connectivity index (χ3v) is 4.52. The Kier molecular flexibility index (Phi) is 4.42. The maximum atomic E-state index is 12.3. The van der Waals surface area contributed by atoms with Crippen LogP contribution in [-0.4, -0.2) is 15.5 Å². The van der Waals surface area contributed by atoms with Crippen molar-refractivity contribution >= 4 is 10.0 Å². The molecule has 0 heterocycles. The Bertz CT molecular complexity index is 669. The number of rotatable bonds is 5. The molecule has 0 saturated carbocycles. The highest BCUT2D eigenvalue weighted by Crippen LogP contribution is 2.20. The van der Waals surface area contributed by atoms with E-state index in [-0.39, 0.29) is 10.9 Å². The minimum atomic E-state index is -3.57. The zero-order valence-corrected chi connectivity index (χ0v) is 12.2. The standard InChI is InChI=1S/C15H17NO3S/c1-12(13-7-4-3-5-8-13)16-20(17,18)15-10-6-9-14(11-15)19-2/h3-12,16H,1-2H3. The number of benzene rings is 2. The third kappa shape index (κ3) is 3.37. The summed E-state index contributed by atoms with van der Waals surface area (Å²) in [5.74, 6) is 0.514. The van der Waals surface area contributed by atoms with Crippen LogP contribution in [0.3, 0.4) is 0 Å². The van der Waals surface area contributed by atoms with Crippen molar-refractivity contribution in [3.63, 3.8) is 0 Å². The Hall–Kier alpha value is -1.85. The minimum absolute atomic E-state index is 0.194. The number of ether oxygens (including phenoxy) is 1. The van der Waals surface area contributed by atoms with Gasteiger partial charge in [-0.2, -0.15) is 0 Å². The van der Waals surface area contributed by atoms with E-state index in [1.807, 2.05) is 37.3 Å². The summed E-state index contributed by atoms with van der Waals surface area (Å²) < 4.78 is 32.3. The SMILES string of the molecule is COc1cccc(S(=O)(=O)NC(C)c2ccccc2)c1. The van der Waals surface area contributed by atoms with Crippen molar-refractivity contribution in [1.82, 2.24) is 4.72 Å². The second-order valence-electron chi connectivity index (χ2n) is 4.43. The Morgan fingerprint density at radius 2 is 1.75 bits per heavy atom. The predicted molar refractivity (Wildman–Crippen MR) is 78.2 cm³/mol. The van der Waals surface area contributed by atoms with Gasteiger partial charge in [-0.15, -0.1) is 0 Å². The molecule has 5 heteroatoms. The molecule has 4 nitrogen and oxygen atoms in total. The summed E-state index contributed by atoms with van der Waals surface area (Å²) in [4.78, 5) is 0.194. The Labute approximate surface area is 119 Å². The predicted octanol–water partition coefficient (Wildman–Crippen LogP) is 2.73. The lowest BCUT2D eigenvalue weighted by Gasteiger charge is -2.15. The first-order valence-corrected chi connectivity index (χ1v) is 7.72. The fourth-order valence-corrected chi connectivity index (χ4v) is 3.15. The van der Waals surface area contributed by atoms with E-state index >= 15 is 0 Å².